The Hall–Kier alpha value is -1.65. The monoisotopic (exact) mass is 223 g/mol. The molecule has 0 spiro atoms. The zero-order valence-corrected chi connectivity index (χ0v) is 10.0. The normalized spacial score (nSPS) is 14.2. The van der Waals surface area contributed by atoms with Crippen LogP contribution >= 0.6 is 0 Å². The van der Waals surface area contributed by atoms with E-state index in [0.29, 0.717) is 12.4 Å². The van der Waals surface area contributed by atoms with E-state index in [1.54, 1.807) is 6.92 Å². The second-order valence-corrected chi connectivity index (χ2v) is 4.09. The molecular formula is C11H17N3O2. The highest BCUT2D eigenvalue weighted by atomic mass is 16.4. The van der Waals surface area contributed by atoms with Gasteiger partial charge in [0.2, 0.25) is 5.95 Å². The van der Waals surface area contributed by atoms with E-state index >= 15 is 0 Å². The molecule has 1 aromatic heterocycles. The number of anilines is 1. The number of rotatable bonds is 4. The number of aromatic nitrogens is 2. The van der Waals surface area contributed by atoms with Crippen LogP contribution in [0.15, 0.2) is 6.07 Å². The van der Waals surface area contributed by atoms with Gasteiger partial charge in [-0.15, -0.1) is 0 Å². The second kappa shape index (κ2) is 4.47. The van der Waals surface area contributed by atoms with Crippen LogP contribution in [0.2, 0.25) is 0 Å². The van der Waals surface area contributed by atoms with Gasteiger partial charge in [0.05, 0.1) is 0 Å². The number of aryl methyl sites for hydroxylation is 2. The molecule has 5 nitrogen and oxygen atoms in total. The van der Waals surface area contributed by atoms with E-state index in [9.17, 15) is 4.79 Å². The van der Waals surface area contributed by atoms with Crippen molar-refractivity contribution in [1.29, 1.82) is 0 Å². The van der Waals surface area contributed by atoms with Crippen LogP contribution in [0.3, 0.4) is 0 Å². The quantitative estimate of drug-likeness (QED) is 0.813. The van der Waals surface area contributed by atoms with E-state index in [1.165, 1.54) is 0 Å². The molecule has 1 heterocycles. The molecule has 1 atom stereocenters. The van der Waals surface area contributed by atoms with Crippen LogP contribution in [0.4, 0.5) is 5.95 Å². The first-order valence-electron chi connectivity index (χ1n) is 5.21. The summed E-state index contributed by atoms with van der Waals surface area (Å²) >= 11 is 0. The largest absolute Gasteiger partial charge is 0.480 e. The van der Waals surface area contributed by atoms with Crippen LogP contribution < -0.4 is 5.32 Å². The molecule has 1 rings (SSSR count). The number of hydrogen-bond donors (Lipinski definition) is 2. The molecule has 1 unspecified atom stereocenters. The van der Waals surface area contributed by atoms with Crippen molar-refractivity contribution in [3.8, 4) is 0 Å². The van der Waals surface area contributed by atoms with Gasteiger partial charge in [-0.2, -0.15) is 0 Å². The van der Waals surface area contributed by atoms with E-state index in [-0.39, 0.29) is 0 Å². The summed E-state index contributed by atoms with van der Waals surface area (Å²) in [4.78, 5) is 19.4. The average Bonchev–Trinajstić information content (AvgIpc) is 2.15. The number of carbonyl (C=O) groups is 1. The van der Waals surface area contributed by atoms with Gasteiger partial charge in [-0.1, -0.05) is 6.92 Å². The first-order chi connectivity index (χ1) is 7.37. The van der Waals surface area contributed by atoms with Crippen LogP contribution in [0.5, 0.6) is 0 Å². The van der Waals surface area contributed by atoms with Gasteiger partial charge in [-0.05, 0) is 33.3 Å². The molecule has 0 radical (unpaired) electrons. The zero-order valence-electron chi connectivity index (χ0n) is 10.0. The van der Waals surface area contributed by atoms with Crippen molar-refractivity contribution in [3.63, 3.8) is 0 Å². The molecular weight excluding hydrogens is 206 g/mol. The third kappa shape index (κ3) is 2.68. The summed E-state index contributed by atoms with van der Waals surface area (Å²) in [6.07, 6.45) is 0.457. The summed E-state index contributed by atoms with van der Waals surface area (Å²) < 4.78 is 0. The molecule has 0 saturated heterocycles. The Morgan fingerprint density at radius 1 is 1.44 bits per heavy atom. The molecule has 16 heavy (non-hydrogen) atoms. The Morgan fingerprint density at radius 2 is 1.94 bits per heavy atom. The lowest BCUT2D eigenvalue weighted by Crippen LogP contribution is -2.43. The molecule has 0 bridgehead atoms. The molecule has 2 N–H and O–H groups in total. The van der Waals surface area contributed by atoms with Crippen molar-refractivity contribution < 1.29 is 9.90 Å². The van der Waals surface area contributed by atoms with Crippen LogP contribution in [-0.2, 0) is 4.79 Å². The Labute approximate surface area is 94.9 Å². The number of aliphatic carboxylic acids is 1. The van der Waals surface area contributed by atoms with Crippen molar-refractivity contribution >= 4 is 11.9 Å². The average molecular weight is 223 g/mol. The number of nitrogens with zero attached hydrogens (tertiary/aromatic N) is 2. The van der Waals surface area contributed by atoms with Crippen molar-refractivity contribution in [1.82, 2.24) is 9.97 Å². The number of carboxylic acid groups (broad SMARTS) is 1. The van der Waals surface area contributed by atoms with Crippen LogP contribution in [0.25, 0.3) is 0 Å². The molecule has 5 heteroatoms. The zero-order chi connectivity index (χ0) is 12.3. The molecule has 0 aromatic carbocycles. The second-order valence-electron chi connectivity index (χ2n) is 4.09. The predicted molar refractivity (Wildman–Crippen MR) is 61.5 cm³/mol. The van der Waals surface area contributed by atoms with Gasteiger partial charge < -0.3 is 10.4 Å². The fourth-order valence-corrected chi connectivity index (χ4v) is 1.32. The van der Waals surface area contributed by atoms with E-state index in [4.69, 9.17) is 5.11 Å². The summed E-state index contributed by atoms with van der Waals surface area (Å²) in [7, 11) is 0. The van der Waals surface area contributed by atoms with E-state index in [0.717, 1.165) is 11.4 Å². The first kappa shape index (κ1) is 12.4. The molecule has 0 aliphatic heterocycles. The third-order valence-electron chi connectivity index (χ3n) is 2.55. The Bertz CT molecular complexity index is 386. The summed E-state index contributed by atoms with van der Waals surface area (Å²) in [5.41, 5.74) is 0.609. The third-order valence-corrected chi connectivity index (χ3v) is 2.55. The summed E-state index contributed by atoms with van der Waals surface area (Å²) in [6, 6.07) is 1.84. The van der Waals surface area contributed by atoms with Gasteiger partial charge in [0.25, 0.3) is 0 Å². The van der Waals surface area contributed by atoms with Gasteiger partial charge in [0.1, 0.15) is 5.54 Å². The van der Waals surface area contributed by atoms with E-state index < -0.39 is 11.5 Å². The number of carboxylic acids is 1. The van der Waals surface area contributed by atoms with Gasteiger partial charge in [-0.3, -0.25) is 0 Å². The number of hydrogen-bond acceptors (Lipinski definition) is 4. The summed E-state index contributed by atoms with van der Waals surface area (Å²) in [5, 5.41) is 12.0. The maximum atomic E-state index is 11.1. The number of nitrogens with one attached hydrogen (secondary N) is 1. The summed E-state index contributed by atoms with van der Waals surface area (Å²) in [6.45, 7) is 7.13. The molecule has 0 aliphatic carbocycles. The Balaban J connectivity index is 2.99. The first-order valence-corrected chi connectivity index (χ1v) is 5.21. The highest BCUT2D eigenvalue weighted by Crippen LogP contribution is 2.16. The topological polar surface area (TPSA) is 75.1 Å². The standard InChI is InChI=1S/C11H17N3O2/c1-5-11(4,9(15)16)14-10-12-7(2)6-8(3)13-10/h6H,5H2,1-4H3,(H,15,16)(H,12,13,14). The minimum absolute atomic E-state index is 0.365. The van der Waals surface area contributed by atoms with Crippen molar-refractivity contribution in [2.24, 2.45) is 0 Å². The van der Waals surface area contributed by atoms with Crippen molar-refractivity contribution in [2.75, 3.05) is 5.32 Å². The fourth-order valence-electron chi connectivity index (χ4n) is 1.32. The molecule has 0 aliphatic rings. The van der Waals surface area contributed by atoms with E-state index in [2.05, 4.69) is 15.3 Å². The molecule has 0 amide bonds. The maximum absolute atomic E-state index is 11.1. The molecule has 0 fully saturated rings. The summed E-state index contributed by atoms with van der Waals surface area (Å²) in [5.74, 6) is -0.540. The van der Waals surface area contributed by atoms with Crippen molar-refractivity contribution in [3.05, 3.63) is 17.5 Å². The lowest BCUT2D eigenvalue weighted by atomic mass is 10.00. The molecule has 0 saturated carbocycles. The molecule has 88 valence electrons. The SMILES string of the molecule is CCC(C)(Nc1nc(C)cc(C)n1)C(=O)O. The highest BCUT2D eigenvalue weighted by Gasteiger charge is 2.31. The van der Waals surface area contributed by atoms with Crippen LogP contribution in [-0.4, -0.2) is 26.6 Å². The Morgan fingerprint density at radius 3 is 2.31 bits per heavy atom. The fraction of sp³-hybridized carbons (Fsp3) is 0.545. The van der Waals surface area contributed by atoms with E-state index in [1.807, 2.05) is 26.8 Å². The van der Waals surface area contributed by atoms with Crippen molar-refractivity contribution in [2.45, 2.75) is 39.7 Å². The smallest absolute Gasteiger partial charge is 0.329 e. The maximum Gasteiger partial charge on any atom is 0.329 e. The minimum Gasteiger partial charge on any atom is -0.480 e. The predicted octanol–water partition coefficient (Wildman–Crippen LogP) is 1.76. The molecule has 1 aromatic rings. The Kier molecular flexibility index (Phi) is 3.47. The highest BCUT2D eigenvalue weighted by molar-refractivity contribution is 5.81. The van der Waals surface area contributed by atoms with Crippen LogP contribution in [0, 0.1) is 13.8 Å². The van der Waals surface area contributed by atoms with Gasteiger partial charge in [0, 0.05) is 11.4 Å². The van der Waals surface area contributed by atoms with Gasteiger partial charge >= 0.3 is 5.97 Å². The van der Waals surface area contributed by atoms with Crippen LogP contribution in [0.1, 0.15) is 31.7 Å². The van der Waals surface area contributed by atoms with Gasteiger partial charge in [0.15, 0.2) is 0 Å². The lowest BCUT2D eigenvalue weighted by molar-refractivity contribution is -0.141. The lowest BCUT2D eigenvalue weighted by Gasteiger charge is -2.24. The van der Waals surface area contributed by atoms with Gasteiger partial charge in [-0.25, -0.2) is 14.8 Å². The minimum atomic E-state index is -1.03.